The van der Waals surface area contributed by atoms with Gasteiger partial charge in [0, 0.05) is 17.6 Å². The standard InChI is InChI=1S/C20H20BrN3O3/c21-14-7-8-17-18(11-14)27-13-20(26)24(17)12-19(25)22-15-5-1-2-6-16(15)23-9-3-4-10-23/h1-2,5-8,11H,3-4,9-10,12-13H2,(H,22,25). The molecule has 0 radical (unpaired) electrons. The van der Waals surface area contributed by atoms with Crippen molar-refractivity contribution < 1.29 is 14.3 Å². The van der Waals surface area contributed by atoms with Gasteiger partial charge in [-0.25, -0.2) is 0 Å². The summed E-state index contributed by atoms with van der Waals surface area (Å²) in [5.41, 5.74) is 2.42. The molecule has 2 aromatic rings. The summed E-state index contributed by atoms with van der Waals surface area (Å²) >= 11 is 3.39. The number of amides is 2. The lowest BCUT2D eigenvalue weighted by atomic mass is 10.2. The Balaban J connectivity index is 1.51. The average Bonchev–Trinajstić information content (AvgIpc) is 3.19. The van der Waals surface area contributed by atoms with E-state index in [0.717, 1.165) is 41.8 Å². The van der Waals surface area contributed by atoms with Gasteiger partial charge >= 0.3 is 0 Å². The van der Waals surface area contributed by atoms with Crippen molar-refractivity contribution in [2.24, 2.45) is 0 Å². The fourth-order valence-electron chi connectivity index (χ4n) is 3.50. The van der Waals surface area contributed by atoms with Crippen LogP contribution in [-0.4, -0.2) is 38.1 Å². The summed E-state index contributed by atoms with van der Waals surface area (Å²) in [5, 5.41) is 2.97. The van der Waals surface area contributed by atoms with Crippen LogP contribution in [0.2, 0.25) is 0 Å². The highest BCUT2D eigenvalue weighted by molar-refractivity contribution is 9.10. The van der Waals surface area contributed by atoms with Crippen LogP contribution < -0.4 is 19.9 Å². The molecule has 4 rings (SSSR count). The molecule has 2 aliphatic heterocycles. The summed E-state index contributed by atoms with van der Waals surface area (Å²) in [7, 11) is 0. The minimum absolute atomic E-state index is 0.0504. The fraction of sp³-hybridized carbons (Fsp3) is 0.300. The van der Waals surface area contributed by atoms with E-state index in [4.69, 9.17) is 4.74 Å². The molecule has 27 heavy (non-hydrogen) atoms. The maximum Gasteiger partial charge on any atom is 0.265 e. The molecule has 140 valence electrons. The number of benzene rings is 2. The number of carbonyl (C=O) groups is 2. The minimum Gasteiger partial charge on any atom is -0.482 e. The molecule has 1 fully saturated rings. The second-order valence-corrected chi connectivity index (χ2v) is 7.56. The van der Waals surface area contributed by atoms with Gasteiger partial charge in [0.15, 0.2) is 6.61 Å². The van der Waals surface area contributed by atoms with Gasteiger partial charge in [-0.1, -0.05) is 28.1 Å². The normalized spacial score (nSPS) is 16.1. The second kappa shape index (κ2) is 7.60. The Morgan fingerprint density at radius 1 is 1.11 bits per heavy atom. The van der Waals surface area contributed by atoms with Crippen molar-refractivity contribution in [3.8, 4) is 5.75 Å². The molecule has 2 aromatic carbocycles. The monoisotopic (exact) mass is 429 g/mol. The van der Waals surface area contributed by atoms with E-state index in [1.165, 1.54) is 4.90 Å². The van der Waals surface area contributed by atoms with Gasteiger partial charge in [-0.05, 0) is 43.2 Å². The maximum atomic E-state index is 12.7. The van der Waals surface area contributed by atoms with E-state index in [9.17, 15) is 9.59 Å². The van der Waals surface area contributed by atoms with Gasteiger partial charge in [0.1, 0.15) is 12.3 Å². The van der Waals surface area contributed by atoms with Crippen LogP contribution in [0.1, 0.15) is 12.8 Å². The van der Waals surface area contributed by atoms with Crippen LogP contribution in [0, 0.1) is 0 Å². The lowest BCUT2D eigenvalue weighted by Gasteiger charge is -2.29. The number of hydrogen-bond donors (Lipinski definition) is 1. The molecule has 0 atom stereocenters. The van der Waals surface area contributed by atoms with E-state index >= 15 is 0 Å². The van der Waals surface area contributed by atoms with Crippen molar-refractivity contribution in [1.82, 2.24) is 0 Å². The van der Waals surface area contributed by atoms with Crippen molar-refractivity contribution in [3.05, 3.63) is 46.9 Å². The first-order chi connectivity index (χ1) is 13.1. The van der Waals surface area contributed by atoms with Crippen LogP contribution in [0.4, 0.5) is 17.1 Å². The van der Waals surface area contributed by atoms with Crippen LogP contribution in [0.3, 0.4) is 0 Å². The zero-order chi connectivity index (χ0) is 18.8. The van der Waals surface area contributed by atoms with Crippen LogP contribution >= 0.6 is 15.9 Å². The zero-order valence-electron chi connectivity index (χ0n) is 14.8. The number of nitrogens with one attached hydrogen (secondary N) is 1. The Morgan fingerprint density at radius 3 is 2.70 bits per heavy atom. The third-order valence-electron chi connectivity index (χ3n) is 4.79. The number of ether oxygens (including phenoxy) is 1. The number of anilines is 3. The molecule has 2 aliphatic rings. The predicted molar refractivity (Wildman–Crippen MR) is 109 cm³/mol. The molecule has 7 heteroatoms. The van der Waals surface area contributed by atoms with Crippen LogP contribution in [0.15, 0.2) is 46.9 Å². The number of hydrogen-bond acceptors (Lipinski definition) is 4. The Labute approximate surface area is 166 Å². The fourth-order valence-corrected chi connectivity index (χ4v) is 3.84. The molecule has 6 nitrogen and oxygen atoms in total. The van der Waals surface area contributed by atoms with E-state index in [0.29, 0.717) is 11.4 Å². The van der Waals surface area contributed by atoms with Crippen molar-refractivity contribution in [3.63, 3.8) is 0 Å². The molecule has 2 amide bonds. The van der Waals surface area contributed by atoms with Gasteiger partial charge in [-0.3, -0.25) is 14.5 Å². The number of carbonyl (C=O) groups excluding carboxylic acids is 2. The highest BCUT2D eigenvalue weighted by atomic mass is 79.9. The molecule has 0 aliphatic carbocycles. The van der Waals surface area contributed by atoms with E-state index in [1.807, 2.05) is 30.3 Å². The second-order valence-electron chi connectivity index (χ2n) is 6.64. The van der Waals surface area contributed by atoms with Gasteiger partial charge in [0.2, 0.25) is 5.91 Å². The van der Waals surface area contributed by atoms with Gasteiger partial charge in [0.05, 0.1) is 17.1 Å². The van der Waals surface area contributed by atoms with Crippen LogP contribution in [0.5, 0.6) is 5.75 Å². The molecule has 0 bridgehead atoms. The first-order valence-electron chi connectivity index (χ1n) is 8.98. The first-order valence-corrected chi connectivity index (χ1v) is 9.78. The maximum absolute atomic E-state index is 12.7. The number of nitrogens with zero attached hydrogens (tertiary/aromatic N) is 2. The highest BCUT2D eigenvalue weighted by Gasteiger charge is 2.28. The highest BCUT2D eigenvalue weighted by Crippen LogP contribution is 2.34. The summed E-state index contributed by atoms with van der Waals surface area (Å²) in [5.74, 6) is 0.132. The summed E-state index contributed by atoms with van der Waals surface area (Å²) < 4.78 is 6.33. The summed E-state index contributed by atoms with van der Waals surface area (Å²) in [6, 6.07) is 13.2. The largest absolute Gasteiger partial charge is 0.482 e. The third-order valence-corrected chi connectivity index (χ3v) is 5.28. The zero-order valence-corrected chi connectivity index (χ0v) is 16.4. The number of fused-ring (bicyclic) bond motifs is 1. The van der Waals surface area contributed by atoms with Gasteiger partial charge < -0.3 is 15.0 Å². The molecular formula is C20H20BrN3O3. The molecule has 0 unspecified atom stereocenters. The van der Waals surface area contributed by atoms with Gasteiger partial charge in [0.25, 0.3) is 5.91 Å². The first kappa shape index (κ1) is 17.9. The minimum atomic E-state index is -0.231. The lowest BCUT2D eigenvalue weighted by molar-refractivity contribution is -0.123. The van der Waals surface area contributed by atoms with E-state index in [-0.39, 0.29) is 25.0 Å². The van der Waals surface area contributed by atoms with Crippen molar-refractivity contribution in [2.45, 2.75) is 12.8 Å². The van der Waals surface area contributed by atoms with E-state index < -0.39 is 0 Å². The third kappa shape index (κ3) is 3.78. The van der Waals surface area contributed by atoms with E-state index in [2.05, 4.69) is 26.1 Å². The molecule has 2 heterocycles. The predicted octanol–water partition coefficient (Wildman–Crippen LogP) is 3.41. The van der Waals surface area contributed by atoms with Gasteiger partial charge in [-0.2, -0.15) is 0 Å². The summed E-state index contributed by atoms with van der Waals surface area (Å²) in [4.78, 5) is 28.8. The molecule has 1 N–H and O–H groups in total. The molecule has 0 spiro atoms. The van der Waals surface area contributed by atoms with Crippen LogP contribution in [-0.2, 0) is 9.59 Å². The lowest BCUT2D eigenvalue weighted by Crippen LogP contribution is -2.43. The Hall–Kier alpha value is -2.54. The quantitative estimate of drug-likeness (QED) is 0.808. The summed E-state index contributed by atoms with van der Waals surface area (Å²) in [6.45, 7) is 1.88. The number of halogens is 1. The molecule has 1 saturated heterocycles. The van der Waals surface area contributed by atoms with Crippen molar-refractivity contribution >= 4 is 44.8 Å². The van der Waals surface area contributed by atoms with Gasteiger partial charge in [-0.15, -0.1) is 0 Å². The molecule has 0 aromatic heterocycles. The Bertz CT molecular complexity index is 881. The Kier molecular flexibility index (Phi) is 5.03. The van der Waals surface area contributed by atoms with Crippen molar-refractivity contribution in [2.75, 3.05) is 41.4 Å². The smallest absolute Gasteiger partial charge is 0.265 e. The van der Waals surface area contributed by atoms with Crippen LogP contribution in [0.25, 0.3) is 0 Å². The van der Waals surface area contributed by atoms with E-state index in [1.54, 1.807) is 12.1 Å². The molecule has 0 saturated carbocycles. The number of para-hydroxylation sites is 2. The topological polar surface area (TPSA) is 61.9 Å². The summed E-state index contributed by atoms with van der Waals surface area (Å²) in [6.07, 6.45) is 2.33. The Morgan fingerprint density at radius 2 is 1.89 bits per heavy atom. The van der Waals surface area contributed by atoms with Crippen molar-refractivity contribution in [1.29, 1.82) is 0 Å². The SMILES string of the molecule is O=C(CN1C(=O)COc2cc(Br)ccc21)Nc1ccccc1N1CCCC1. The number of rotatable bonds is 4. The average molecular weight is 430 g/mol. The molecular weight excluding hydrogens is 410 g/mol.